The van der Waals surface area contributed by atoms with Crippen LogP contribution in [0.1, 0.15) is 26.2 Å². The summed E-state index contributed by atoms with van der Waals surface area (Å²) in [6.07, 6.45) is 9.26. The maximum absolute atomic E-state index is 5.15. The van der Waals surface area contributed by atoms with E-state index in [1.165, 1.54) is 25.8 Å². The number of likely N-dealkylation sites (tertiary alicyclic amines) is 1. The van der Waals surface area contributed by atoms with Crippen molar-refractivity contribution in [1.29, 1.82) is 0 Å². The molecule has 13 heavy (non-hydrogen) atoms. The van der Waals surface area contributed by atoms with Gasteiger partial charge < -0.3 is 5.32 Å². The van der Waals surface area contributed by atoms with Crippen molar-refractivity contribution in [3.05, 3.63) is 0 Å². The fraction of sp³-hybridized carbons (Fsp3) is 0.818. The van der Waals surface area contributed by atoms with E-state index in [0.29, 0.717) is 6.54 Å². The molecule has 0 aromatic heterocycles. The number of hydrogen-bond donors (Lipinski definition) is 1. The van der Waals surface area contributed by atoms with Crippen LogP contribution in [0.5, 0.6) is 0 Å². The van der Waals surface area contributed by atoms with Gasteiger partial charge in [0.15, 0.2) is 0 Å². The van der Waals surface area contributed by atoms with Crippen molar-refractivity contribution < 1.29 is 0 Å². The Balaban J connectivity index is 2.09. The highest BCUT2D eigenvalue weighted by atomic mass is 15.2. The SMILES string of the molecule is C#CCNCCN1CCCCC1C. The van der Waals surface area contributed by atoms with Crippen molar-refractivity contribution >= 4 is 0 Å². The normalized spacial score (nSPS) is 24.2. The fourth-order valence-electron chi connectivity index (χ4n) is 1.87. The highest BCUT2D eigenvalue weighted by Crippen LogP contribution is 2.15. The molecule has 0 saturated carbocycles. The molecule has 1 aliphatic heterocycles. The zero-order valence-corrected chi connectivity index (χ0v) is 8.55. The minimum Gasteiger partial charge on any atom is -0.305 e. The Hall–Kier alpha value is -0.520. The smallest absolute Gasteiger partial charge is 0.0574 e. The molecule has 1 N–H and O–H groups in total. The minimum atomic E-state index is 0.697. The second-order valence-corrected chi connectivity index (χ2v) is 3.76. The lowest BCUT2D eigenvalue weighted by Crippen LogP contribution is -2.41. The molecule has 2 heteroatoms. The summed E-state index contributed by atoms with van der Waals surface area (Å²) in [5, 5.41) is 3.23. The van der Waals surface area contributed by atoms with Crippen molar-refractivity contribution in [3.63, 3.8) is 0 Å². The van der Waals surface area contributed by atoms with Crippen molar-refractivity contribution in [3.8, 4) is 12.3 Å². The van der Waals surface area contributed by atoms with Gasteiger partial charge in [-0.25, -0.2) is 0 Å². The zero-order valence-electron chi connectivity index (χ0n) is 8.55. The van der Waals surface area contributed by atoms with Crippen LogP contribution in [0.25, 0.3) is 0 Å². The quantitative estimate of drug-likeness (QED) is 0.514. The van der Waals surface area contributed by atoms with E-state index in [4.69, 9.17) is 6.42 Å². The maximum atomic E-state index is 5.15. The highest BCUT2D eigenvalue weighted by Gasteiger charge is 2.16. The molecule has 0 aromatic rings. The fourth-order valence-corrected chi connectivity index (χ4v) is 1.87. The molecular formula is C11H20N2. The number of rotatable bonds is 4. The summed E-state index contributed by atoms with van der Waals surface area (Å²) in [7, 11) is 0. The van der Waals surface area contributed by atoms with Gasteiger partial charge in [-0.3, -0.25) is 4.90 Å². The van der Waals surface area contributed by atoms with Crippen LogP contribution < -0.4 is 5.32 Å². The Labute approximate surface area is 81.7 Å². The lowest BCUT2D eigenvalue weighted by Gasteiger charge is -2.33. The molecule has 1 saturated heterocycles. The minimum absolute atomic E-state index is 0.697. The maximum Gasteiger partial charge on any atom is 0.0574 e. The van der Waals surface area contributed by atoms with Crippen LogP contribution in [0.15, 0.2) is 0 Å². The lowest BCUT2D eigenvalue weighted by molar-refractivity contribution is 0.162. The molecule has 0 radical (unpaired) electrons. The largest absolute Gasteiger partial charge is 0.305 e. The summed E-state index contributed by atoms with van der Waals surface area (Å²) in [6.45, 7) is 6.44. The highest BCUT2D eigenvalue weighted by molar-refractivity contribution is 4.86. The molecule has 0 aliphatic carbocycles. The Morgan fingerprint density at radius 3 is 3.08 bits per heavy atom. The van der Waals surface area contributed by atoms with Gasteiger partial charge in [-0.15, -0.1) is 6.42 Å². The van der Waals surface area contributed by atoms with E-state index in [1.54, 1.807) is 0 Å². The first kappa shape index (κ1) is 10.6. The van der Waals surface area contributed by atoms with E-state index in [2.05, 4.69) is 23.1 Å². The molecule has 74 valence electrons. The Bertz CT molecular complexity index is 171. The van der Waals surface area contributed by atoms with Crippen LogP contribution in [-0.4, -0.2) is 37.1 Å². The standard InChI is InChI=1S/C11H20N2/c1-3-7-12-8-10-13-9-5-4-6-11(13)2/h1,11-12H,4-10H2,2H3. The summed E-state index contributed by atoms with van der Waals surface area (Å²) in [5.74, 6) is 2.59. The van der Waals surface area contributed by atoms with E-state index in [1.807, 2.05) is 0 Å². The van der Waals surface area contributed by atoms with E-state index >= 15 is 0 Å². The predicted octanol–water partition coefficient (Wildman–Crippen LogP) is 1.08. The van der Waals surface area contributed by atoms with Gasteiger partial charge in [0.05, 0.1) is 6.54 Å². The molecule has 0 spiro atoms. The molecule has 1 heterocycles. The van der Waals surface area contributed by atoms with Crippen LogP contribution >= 0.6 is 0 Å². The molecule has 0 bridgehead atoms. The third-order valence-electron chi connectivity index (χ3n) is 2.74. The van der Waals surface area contributed by atoms with Crippen LogP contribution in [0.2, 0.25) is 0 Å². The van der Waals surface area contributed by atoms with Crippen molar-refractivity contribution in [2.24, 2.45) is 0 Å². The lowest BCUT2D eigenvalue weighted by atomic mass is 10.0. The van der Waals surface area contributed by atoms with Crippen LogP contribution in [-0.2, 0) is 0 Å². The van der Waals surface area contributed by atoms with Gasteiger partial charge in [0.1, 0.15) is 0 Å². The van der Waals surface area contributed by atoms with Crippen molar-refractivity contribution in [1.82, 2.24) is 10.2 Å². The van der Waals surface area contributed by atoms with Gasteiger partial charge in [0.2, 0.25) is 0 Å². The van der Waals surface area contributed by atoms with E-state index in [9.17, 15) is 0 Å². The van der Waals surface area contributed by atoms with Crippen LogP contribution in [0.3, 0.4) is 0 Å². The van der Waals surface area contributed by atoms with Gasteiger partial charge >= 0.3 is 0 Å². The number of piperidine rings is 1. The Kier molecular flexibility index (Phi) is 4.88. The molecule has 2 nitrogen and oxygen atoms in total. The summed E-state index contributed by atoms with van der Waals surface area (Å²) in [5.41, 5.74) is 0. The van der Waals surface area contributed by atoms with Gasteiger partial charge in [0, 0.05) is 19.1 Å². The average Bonchev–Trinajstić information content (AvgIpc) is 2.15. The molecule has 1 rings (SSSR count). The van der Waals surface area contributed by atoms with E-state index in [-0.39, 0.29) is 0 Å². The first-order valence-electron chi connectivity index (χ1n) is 5.23. The monoisotopic (exact) mass is 180 g/mol. The first-order valence-corrected chi connectivity index (χ1v) is 5.23. The summed E-state index contributed by atoms with van der Waals surface area (Å²) >= 11 is 0. The Morgan fingerprint density at radius 2 is 2.38 bits per heavy atom. The summed E-state index contributed by atoms with van der Waals surface area (Å²) < 4.78 is 0. The molecule has 1 fully saturated rings. The third-order valence-corrected chi connectivity index (χ3v) is 2.74. The Morgan fingerprint density at radius 1 is 1.54 bits per heavy atom. The molecule has 0 aromatic carbocycles. The average molecular weight is 180 g/mol. The second-order valence-electron chi connectivity index (χ2n) is 3.76. The number of nitrogens with zero attached hydrogens (tertiary/aromatic N) is 1. The molecule has 1 aliphatic rings. The first-order chi connectivity index (χ1) is 6.34. The molecule has 1 unspecified atom stereocenters. The van der Waals surface area contributed by atoms with Crippen molar-refractivity contribution in [2.45, 2.75) is 32.2 Å². The van der Waals surface area contributed by atoms with E-state index < -0.39 is 0 Å². The van der Waals surface area contributed by atoms with E-state index in [0.717, 1.165) is 19.1 Å². The van der Waals surface area contributed by atoms with Gasteiger partial charge in [-0.05, 0) is 26.3 Å². The molecule has 1 atom stereocenters. The molecular weight excluding hydrogens is 160 g/mol. The van der Waals surface area contributed by atoms with Gasteiger partial charge in [-0.1, -0.05) is 12.3 Å². The number of nitrogens with one attached hydrogen (secondary N) is 1. The van der Waals surface area contributed by atoms with Crippen molar-refractivity contribution in [2.75, 3.05) is 26.2 Å². The van der Waals surface area contributed by atoms with Gasteiger partial charge in [-0.2, -0.15) is 0 Å². The topological polar surface area (TPSA) is 15.3 Å². The summed E-state index contributed by atoms with van der Waals surface area (Å²) in [4.78, 5) is 2.55. The number of terminal acetylenes is 1. The van der Waals surface area contributed by atoms with Crippen LogP contribution in [0, 0.1) is 12.3 Å². The zero-order chi connectivity index (χ0) is 9.52. The summed E-state index contributed by atoms with van der Waals surface area (Å²) in [6, 6.07) is 0.765. The second kappa shape index (κ2) is 6.01. The van der Waals surface area contributed by atoms with Crippen LogP contribution in [0.4, 0.5) is 0 Å². The predicted molar refractivity (Wildman–Crippen MR) is 56.6 cm³/mol. The van der Waals surface area contributed by atoms with Gasteiger partial charge in [0.25, 0.3) is 0 Å². The number of hydrogen-bond acceptors (Lipinski definition) is 2. The molecule has 0 amide bonds. The third kappa shape index (κ3) is 3.80.